The Balaban J connectivity index is 2.14. The number of halogens is 2. The van der Waals surface area contributed by atoms with Gasteiger partial charge in [0.15, 0.2) is 0 Å². The maximum Gasteiger partial charge on any atom is 0.222 e. The summed E-state index contributed by atoms with van der Waals surface area (Å²) < 4.78 is 2.20. The largest absolute Gasteiger partial charge is 0.355 e. The van der Waals surface area contributed by atoms with Crippen LogP contribution in [0.2, 0.25) is 0 Å². The number of hydrogen-bond donors (Lipinski definition) is 2. The Morgan fingerprint density at radius 2 is 2.12 bits per heavy atom. The number of amides is 1. The summed E-state index contributed by atoms with van der Waals surface area (Å²) in [6.45, 7) is 6.07. The topological polar surface area (TPSA) is 41.1 Å². The molecule has 0 aromatic carbocycles. The lowest BCUT2D eigenvalue weighted by molar-refractivity contribution is -0.123. The molecule has 17 heavy (non-hydrogen) atoms. The van der Waals surface area contributed by atoms with Gasteiger partial charge in [-0.05, 0) is 37.9 Å². The van der Waals surface area contributed by atoms with Gasteiger partial charge >= 0.3 is 0 Å². The third-order valence-corrected chi connectivity index (χ3v) is 5.38. The highest BCUT2D eigenvalue weighted by Gasteiger charge is 2.05. The number of thiophene rings is 1. The maximum absolute atomic E-state index is 11.3. The van der Waals surface area contributed by atoms with Crippen LogP contribution in [0.25, 0.3) is 0 Å². The second-order valence-corrected chi connectivity index (χ2v) is 7.27. The van der Waals surface area contributed by atoms with Crippen LogP contribution in [-0.2, 0) is 11.3 Å². The predicted molar refractivity (Wildman–Crippen MR) is 79.3 cm³/mol. The zero-order chi connectivity index (χ0) is 12.8. The van der Waals surface area contributed by atoms with E-state index >= 15 is 0 Å². The number of rotatable bonds is 6. The molecule has 96 valence electrons. The van der Waals surface area contributed by atoms with Gasteiger partial charge in [0.1, 0.15) is 0 Å². The SMILES string of the molecule is CC(C)C(=O)NCCNCc1cc(Br)c(Br)s1. The van der Waals surface area contributed by atoms with Gasteiger partial charge < -0.3 is 10.6 Å². The van der Waals surface area contributed by atoms with Crippen molar-refractivity contribution in [3.8, 4) is 0 Å². The van der Waals surface area contributed by atoms with Gasteiger partial charge in [0, 0.05) is 34.9 Å². The lowest BCUT2D eigenvalue weighted by atomic mass is 10.2. The summed E-state index contributed by atoms with van der Waals surface area (Å²) in [4.78, 5) is 12.5. The number of carbonyl (C=O) groups is 1. The lowest BCUT2D eigenvalue weighted by Crippen LogP contribution is -2.33. The van der Waals surface area contributed by atoms with Gasteiger partial charge in [-0.2, -0.15) is 0 Å². The molecule has 1 aromatic heterocycles. The van der Waals surface area contributed by atoms with Gasteiger partial charge in [0.2, 0.25) is 5.91 Å². The Hall–Kier alpha value is 0.0900. The van der Waals surface area contributed by atoms with E-state index < -0.39 is 0 Å². The highest BCUT2D eigenvalue weighted by molar-refractivity contribution is 9.13. The molecule has 0 atom stereocenters. The number of carbonyl (C=O) groups excluding carboxylic acids is 1. The first kappa shape index (κ1) is 15.1. The standard InChI is InChI=1S/C11H16Br2N2OS/c1-7(2)11(16)15-4-3-14-6-8-5-9(12)10(13)17-8/h5,7,14H,3-4,6H2,1-2H3,(H,15,16). The molecule has 0 saturated heterocycles. The van der Waals surface area contributed by atoms with Crippen molar-refractivity contribution in [1.82, 2.24) is 10.6 Å². The zero-order valence-electron chi connectivity index (χ0n) is 9.85. The lowest BCUT2D eigenvalue weighted by Gasteiger charge is -2.07. The Morgan fingerprint density at radius 3 is 2.65 bits per heavy atom. The first-order valence-corrected chi connectivity index (χ1v) is 7.83. The van der Waals surface area contributed by atoms with Crippen LogP contribution in [0.15, 0.2) is 14.3 Å². The van der Waals surface area contributed by atoms with Crippen LogP contribution in [0.3, 0.4) is 0 Å². The molecule has 1 heterocycles. The van der Waals surface area contributed by atoms with E-state index in [1.807, 2.05) is 13.8 Å². The minimum atomic E-state index is 0.0548. The molecule has 0 unspecified atom stereocenters. The van der Waals surface area contributed by atoms with Crippen LogP contribution < -0.4 is 10.6 Å². The molecule has 0 saturated carbocycles. The molecule has 0 aliphatic heterocycles. The Morgan fingerprint density at radius 1 is 1.41 bits per heavy atom. The average Bonchev–Trinajstić information content (AvgIpc) is 2.57. The fourth-order valence-corrected chi connectivity index (χ4v) is 3.31. The van der Waals surface area contributed by atoms with E-state index in [0.29, 0.717) is 6.54 Å². The second kappa shape index (κ2) is 7.51. The van der Waals surface area contributed by atoms with E-state index in [9.17, 15) is 4.79 Å². The molecule has 1 aromatic rings. The average molecular weight is 384 g/mol. The van der Waals surface area contributed by atoms with E-state index in [-0.39, 0.29) is 11.8 Å². The molecule has 0 fully saturated rings. The van der Waals surface area contributed by atoms with Gasteiger partial charge in [0.05, 0.1) is 3.79 Å². The summed E-state index contributed by atoms with van der Waals surface area (Å²) in [6, 6.07) is 2.09. The van der Waals surface area contributed by atoms with Crippen molar-refractivity contribution in [2.24, 2.45) is 5.92 Å². The summed E-state index contributed by atoms with van der Waals surface area (Å²) in [5.41, 5.74) is 0. The van der Waals surface area contributed by atoms with E-state index in [1.54, 1.807) is 11.3 Å². The van der Waals surface area contributed by atoms with Crippen LogP contribution in [-0.4, -0.2) is 19.0 Å². The molecule has 2 N–H and O–H groups in total. The van der Waals surface area contributed by atoms with E-state index in [4.69, 9.17) is 0 Å². The quantitative estimate of drug-likeness (QED) is 0.741. The van der Waals surface area contributed by atoms with Crippen LogP contribution in [0.1, 0.15) is 18.7 Å². The van der Waals surface area contributed by atoms with Crippen LogP contribution >= 0.6 is 43.2 Å². The zero-order valence-corrected chi connectivity index (χ0v) is 13.8. The van der Waals surface area contributed by atoms with E-state index in [2.05, 4.69) is 48.6 Å². The summed E-state index contributed by atoms with van der Waals surface area (Å²) in [5.74, 6) is 0.160. The van der Waals surface area contributed by atoms with Crippen molar-refractivity contribution in [2.45, 2.75) is 20.4 Å². The van der Waals surface area contributed by atoms with Crippen molar-refractivity contribution in [3.63, 3.8) is 0 Å². The molecule has 0 radical (unpaired) electrons. The third-order valence-electron chi connectivity index (χ3n) is 2.12. The fraction of sp³-hybridized carbons (Fsp3) is 0.545. The third kappa shape index (κ3) is 5.50. The van der Waals surface area contributed by atoms with Crippen LogP contribution in [0.5, 0.6) is 0 Å². The normalized spacial score (nSPS) is 10.9. The van der Waals surface area contributed by atoms with Gasteiger partial charge in [-0.1, -0.05) is 13.8 Å². The fourth-order valence-electron chi connectivity index (χ4n) is 1.17. The first-order chi connectivity index (χ1) is 8.00. The molecule has 0 spiro atoms. The summed E-state index contributed by atoms with van der Waals surface area (Å²) in [5, 5.41) is 6.16. The first-order valence-electron chi connectivity index (χ1n) is 5.43. The molecule has 1 amide bonds. The molecule has 1 rings (SSSR count). The van der Waals surface area contributed by atoms with Crippen molar-refractivity contribution in [2.75, 3.05) is 13.1 Å². The summed E-state index contributed by atoms with van der Waals surface area (Å²) in [6.07, 6.45) is 0. The molecular weight excluding hydrogens is 368 g/mol. The smallest absolute Gasteiger partial charge is 0.222 e. The molecule has 0 aliphatic rings. The molecule has 3 nitrogen and oxygen atoms in total. The van der Waals surface area contributed by atoms with Crippen LogP contribution in [0.4, 0.5) is 0 Å². The number of hydrogen-bond acceptors (Lipinski definition) is 3. The van der Waals surface area contributed by atoms with Gasteiger partial charge in [-0.25, -0.2) is 0 Å². The maximum atomic E-state index is 11.3. The highest BCUT2D eigenvalue weighted by atomic mass is 79.9. The highest BCUT2D eigenvalue weighted by Crippen LogP contribution is 2.32. The van der Waals surface area contributed by atoms with Crippen molar-refractivity contribution in [1.29, 1.82) is 0 Å². The Labute approximate surface area is 123 Å². The summed E-state index contributed by atoms with van der Waals surface area (Å²) >= 11 is 8.62. The van der Waals surface area contributed by atoms with Crippen molar-refractivity contribution < 1.29 is 4.79 Å². The molecule has 6 heteroatoms. The van der Waals surface area contributed by atoms with Gasteiger partial charge in [0.25, 0.3) is 0 Å². The Bertz CT molecular complexity index is 360. The molecule has 0 aliphatic carbocycles. The monoisotopic (exact) mass is 382 g/mol. The second-order valence-electron chi connectivity index (χ2n) is 3.96. The van der Waals surface area contributed by atoms with Gasteiger partial charge in [-0.3, -0.25) is 4.79 Å². The predicted octanol–water partition coefficient (Wildman–Crippen LogP) is 3.13. The van der Waals surface area contributed by atoms with E-state index in [1.165, 1.54) is 4.88 Å². The number of nitrogens with one attached hydrogen (secondary N) is 2. The van der Waals surface area contributed by atoms with Gasteiger partial charge in [-0.15, -0.1) is 11.3 Å². The van der Waals surface area contributed by atoms with E-state index in [0.717, 1.165) is 21.3 Å². The minimum absolute atomic E-state index is 0.0548. The molecule has 0 bridgehead atoms. The minimum Gasteiger partial charge on any atom is -0.355 e. The van der Waals surface area contributed by atoms with Crippen LogP contribution in [0, 0.1) is 5.92 Å². The summed E-state index contributed by atoms with van der Waals surface area (Å²) in [7, 11) is 0. The van der Waals surface area contributed by atoms with Crippen molar-refractivity contribution in [3.05, 3.63) is 19.2 Å². The Kier molecular flexibility index (Phi) is 6.69. The van der Waals surface area contributed by atoms with Crippen molar-refractivity contribution >= 4 is 49.1 Å². The molecular formula is C11H16Br2N2OS.